The second-order valence-corrected chi connectivity index (χ2v) is 7.57. The number of hydrogen-bond donors (Lipinski definition) is 4. The van der Waals surface area contributed by atoms with E-state index >= 15 is 0 Å². The van der Waals surface area contributed by atoms with Gasteiger partial charge in [0.25, 0.3) is 11.6 Å². The maximum absolute atomic E-state index is 12.3. The second kappa shape index (κ2) is 9.80. The van der Waals surface area contributed by atoms with Crippen LogP contribution in [0.25, 0.3) is 0 Å². The summed E-state index contributed by atoms with van der Waals surface area (Å²) in [7, 11) is 0. The smallest absolute Gasteiger partial charge is 0.287 e. The van der Waals surface area contributed by atoms with Crippen LogP contribution >= 0.6 is 22.9 Å². The van der Waals surface area contributed by atoms with E-state index in [4.69, 9.17) is 11.6 Å². The van der Waals surface area contributed by atoms with Gasteiger partial charge in [0.15, 0.2) is 11.5 Å². The average molecular weight is 477 g/mol. The van der Waals surface area contributed by atoms with Crippen molar-refractivity contribution in [3.8, 4) is 11.5 Å². The number of hydrazone groups is 1. The summed E-state index contributed by atoms with van der Waals surface area (Å²) < 4.78 is 0. The molecule has 4 N–H and O–H groups in total. The van der Waals surface area contributed by atoms with Crippen LogP contribution in [0.2, 0.25) is 5.02 Å². The summed E-state index contributed by atoms with van der Waals surface area (Å²) in [5.41, 5.74) is 2.50. The highest BCUT2D eigenvalue weighted by Gasteiger charge is 2.17. The molecule has 0 saturated carbocycles. The molecule has 14 heteroatoms. The fourth-order valence-corrected chi connectivity index (χ4v) is 3.30. The number of carbonyl (C=O) groups excluding carboxylic acids is 2. The minimum Gasteiger partial charge on any atom is -0.504 e. The highest BCUT2D eigenvalue weighted by atomic mass is 35.5. The molecule has 0 aliphatic heterocycles. The minimum atomic E-state index is -0.662. The Morgan fingerprint density at radius 1 is 1.19 bits per heavy atom. The molecule has 0 fully saturated rings. The molecule has 164 valence electrons. The fourth-order valence-electron chi connectivity index (χ4n) is 2.32. The van der Waals surface area contributed by atoms with Crippen molar-refractivity contribution in [2.75, 3.05) is 5.32 Å². The van der Waals surface area contributed by atoms with Crippen LogP contribution in [0.4, 0.5) is 10.8 Å². The summed E-state index contributed by atoms with van der Waals surface area (Å²) in [5.74, 6) is -1.70. The SMILES string of the molecule is O=C(Cc1nnc(NC(=O)c2ccc([N+](=O)[O-])c(Cl)c2)s1)N/N=C\c1ccc(O)c(O)c1. The Kier molecular flexibility index (Phi) is 6.92. The zero-order valence-corrected chi connectivity index (χ0v) is 17.4. The van der Waals surface area contributed by atoms with Gasteiger partial charge in [-0.3, -0.25) is 25.0 Å². The van der Waals surface area contributed by atoms with Crippen LogP contribution < -0.4 is 10.7 Å². The predicted molar refractivity (Wildman–Crippen MR) is 115 cm³/mol. The molecule has 2 aromatic carbocycles. The lowest BCUT2D eigenvalue weighted by molar-refractivity contribution is -0.384. The Bertz CT molecular complexity index is 1230. The van der Waals surface area contributed by atoms with Crippen molar-refractivity contribution < 1.29 is 24.7 Å². The van der Waals surface area contributed by atoms with Gasteiger partial charge in [-0.25, -0.2) is 5.43 Å². The van der Waals surface area contributed by atoms with E-state index in [0.717, 1.165) is 23.5 Å². The molecule has 0 atom stereocenters. The summed E-state index contributed by atoms with van der Waals surface area (Å²) in [5, 5.41) is 43.5. The Hall–Kier alpha value is -4.10. The summed E-state index contributed by atoms with van der Waals surface area (Å²) in [4.78, 5) is 34.4. The van der Waals surface area contributed by atoms with Gasteiger partial charge in [0.2, 0.25) is 11.0 Å². The maximum atomic E-state index is 12.3. The van der Waals surface area contributed by atoms with Gasteiger partial charge in [-0.2, -0.15) is 5.10 Å². The van der Waals surface area contributed by atoms with Crippen LogP contribution in [0.1, 0.15) is 20.9 Å². The number of amides is 2. The Labute approximate surface area is 188 Å². The van der Waals surface area contributed by atoms with Gasteiger partial charge in [-0.1, -0.05) is 22.9 Å². The lowest BCUT2D eigenvalue weighted by atomic mass is 10.2. The molecule has 3 rings (SSSR count). The van der Waals surface area contributed by atoms with E-state index in [1.165, 1.54) is 30.5 Å². The normalized spacial score (nSPS) is 10.8. The number of phenolic OH excluding ortho intramolecular Hbond substituents is 2. The lowest BCUT2D eigenvalue weighted by Crippen LogP contribution is -2.19. The molecule has 1 heterocycles. The van der Waals surface area contributed by atoms with Gasteiger partial charge in [-0.15, -0.1) is 10.2 Å². The topological polar surface area (TPSA) is 180 Å². The van der Waals surface area contributed by atoms with E-state index in [1.807, 2.05) is 0 Å². The molecule has 0 bridgehead atoms. The molecule has 2 amide bonds. The molecular formula is C18H13ClN6O6S. The quantitative estimate of drug-likeness (QED) is 0.173. The molecule has 1 aromatic heterocycles. The number of nitrogens with zero attached hydrogens (tertiary/aromatic N) is 4. The van der Waals surface area contributed by atoms with Gasteiger partial charge in [-0.05, 0) is 35.9 Å². The minimum absolute atomic E-state index is 0.0877. The van der Waals surface area contributed by atoms with Crippen LogP contribution in [0.15, 0.2) is 41.5 Å². The van der Waals surface area contributed by atoms with E-state index in [0.29, 0.717) is 10.6 Å². The first-order valence-corrected chi connectivity index (χ1v) is 9.84. The van der Waals surface area contributed by atoms with Crippen molar-refractivity contribution in [2.24, 2.45) is 5.10 Å². The lowest BCUT2D eigenvalue weighted by Gasteiger charge is -2.02. The number of nitro benzene ring substituents is 1. The Morgan fingerprint density at radius 2 is 1.97 bits per heavy atom. The maximum Gasteiger partial charge on any atom is 0.287 e. The number of nitro groups is 1. The van der Waals surface area contributed by atoms with Gasteiger partial charge in [0, 0.05) is 11.6 Å². The van der Waals surface area contributed by atoms with E-state index < -0.39 is 16.7 Å². The number of rotatable bonds is 7. The third-order valence-corrected chi connectivity index (χ3v) is 4.95. The van der Waals surface area contributed by atoms with E-state index in [1.54, 1.807) is 0 Å². The number of nitrogens with one attached hydrogen (secondary N) is 2. The molecule has 0 spiro atoms. The molecule has 3 aromatic rings. The molecule has 0 unspecified atom stereocenters. The van der Waals surface area contributed by atoms with E-state index in [2.05, 4.69) is 26.0 Å². The molecule has 0 aliphatic carbocycles. The monoisotopic (exact) mass is 476 g/mol. The number of aromatic nitrogens is 2. The Morgan fingerprint density at radius 3 is 2.66 bits per heavy atom. The number of phenols is 2. The van der Waals surface area contributed by atoms with Gasteiger partial charge < -0.3 is 10.2 Å². The zero-order valence-electron chi connectivity index (χ0n) is 15.9. The third kappa shape index (κ3) is 5.74. The molecular weight excluding hydrogens is 464 g/mol. The van der Waals surface area contributed by atoms with Crippen LogP contribution in [-0.2, 0) is 11.2 Å². The highest BCUT2D eigenvalue weighted by Crippen LogP contribution is 2.26. The standard InChI is InChI=1S/C18H13ClN6O6S/c19-11-6-10(2-3-12(11)25(30)31)17(29)21-18-24-23-16(32-18)7-15(28)22-20-8-9-1-4-13(26)14(27)5-9/h1-6,8,26-27H,7H2,(H,22,28)(H,21,24,29)/b20-8-. The summed E-state index contributed by atoms with van der Waals surface area (Å²) in [6, 6.07) is 7.57. The van der Waals surface area contributed by atoms with E-state index in [-0.39, 0.29) is 39.3 Å². The van der Waals surface area contributed by atoms with Crippen molar-refractivity contribution in [1.82, 2.24) is 15.6 Å². The van der Waals surface area contributed by atoms with Crippen molar-refractivity contribution >= 4 is 51.8 Å². The molecule has 0 aliphatic rings. The molecule has 0 saturated heterocycles. The van der Waals surface area contributed by atoms with Crippen LogP contribution in [0.3, 0.4) is 0 Å². The first-order chi connectivity index (χ1) is 15.2. The molecule has 12 nitrogen and oxygen atoms in total. The number of anilines is 1. The zero-order chi connectivity index (χ0) is 23.3. The fraction of sp³-hybridized carbons (Fsp3) is 0.0556. The number of hydrogen-bond acceptors (Lipinski definition) is 10. The van der Waals surface area contributed by atoms with Crippen molar-refractivity contribution in [3.05, 3.63) is 67.7 Å². The molecule has 32 heavy (non-hydrogen) atoms. The molecule has 0 radical (unpaired) electrons. The summed E-state index contributed by atoms with van der Waals surface area (Å²) in [6.45, 7) is 0. The van der Waals surface area contributed by atoms with E-state index in [9.17, 15) is 29.9 Å². The first kappa shape index (κ1) is 22.6. The Balaban J connectivity index is 1.55. The summed E-state index contributed by atoms with van der Waals surface area (Å²) in [6.07, 6.45) is 1.12. The van der Waals surface area contributed by atoms with Crippen LogP contribution in [0.5, 0.6) is 11.5 Å². The van der Waals surface area contributed by atoms with Gasteiger partial charge in [0.05, 0.1) is 17.6 Å². The van der Waals surface area contributed by atoms with Crippen molar-refractivity contribution in [3.63, 3.8) is 0 Å². The van der Waals surface area contributed by atoms with Crippen molar-refractivity contribution in [1.29, 1.82) is 0 Å². The number of carbonyl (C=O) groups is 2. The third-order valence-electron chi connectivity index (χ3n) is 3.81. The number of benzene rings is 2. The predicted octanol–water partition coefficient (Wildman–Crippen LogP) is 2.46. The van der Waals surface area contributed by atoms with Crippen LogP contribution in [-0.4, -0.2) is 43.4 Å². The largest absolute Gasteiger partial charge is 0.504 e. The average Bonchev–Trinajstić information content (AvgIpc) is 3.16. The highest BCUT2D eigenvalue weighted by molar-refractivity contribution is 7.15. The van der Waals surface area contributed by atoms with Gasteiger partial charge >= 0.3 is 0 Å². The van der Waals surface area contributed by atoms with Crippen LogP contribution in [0, 0.1) is 10.1 Å². The van der Waals surface area contributed by atoms with Crippen molar-refractivity contribution in [2.45, 2.75) is 6.42 Å². The number of aromatic hydroxyl groups is 2. The summed E-state index contributed by atoms with van der Waals surface area (Å²) >= 11 is 6.76. The second-order valence-electron chi connectivity index (χ2n) is 6.10. The number of halogens is 1. The van der Waals surface area contributed by atoms with Gasteiger partial charge in [0.1, 0.15) is 10.0 Å². The first-order valence-electron chi connectivity index (χ1n) is 8.64.